The number of aromatic nitrogens is 4. The molecule has 0 spiro atoms. The number of hydrogen-bond acceptors (Lipinski definition) is 6. The molecule has 0 aliphatic rings. The Kier molecular flexibility index (Phi) is 6.54. The molecule has 4 rings (SSSR count). The normalized spacial score (nSPS) is 11.8. The molecule has 0 N–H and O–H groups in total. The monoisotopic (exact) mass is 486 g/mol. The molecule has 0 atom stereocenters. The zero-order chi connectivity index (χ0) is 26.1. The minimum Gasteiger partial charge on any atom is -0.443 e. The topological polar surface area (TPSA) is 88.2 Å². The van der Waals surface area contributed by atoms with Gasteiger partial charge in [-0.25, -0.2) is 9.59 Å². The fourth-order valence-electron chi connectivity index (χ4n) is 3.63. The first-order valence-electron chi connectivity index (χ1n) is 11.7. The molecule has 0 amide bonds. The molecule has 0 unspecified atom stereocenters. The molecule has 8 heteroatoms. The van der Waals surface area contributed by atoms with Crippen LogP contribution in [0.1, 0.15) is 41.5 Å². The fourth-order valence-corrected chi connectivity index (χ4v) is 3.63. The van der Waals surface area contributed by atoms with Gasteiger partial charge < -0.3 is 9.47 Å². The molecule has 0 aliphatic heterocycles. The number of pyridine rings is 2. The second-order valence-electron chi connectivity index (χ2n) is 10.3. The summed E-state index contributed by atoms with van der Waals surface area (Å²) in [5.74, 6) is 0. The highest BCUT2D eigenvalue weighted by Crippen LogP contribution is 2.28. The molecule has 0 saturated carbocycles. The number of hydrogen-bond donors (Lipinski definition) is 0. The van der Waals surface area contributed by atoms with Gasteiger partial charge in [0.15, 0.2) is 0 Å². The summed E-state index contributed by atoms with van der Waals surface area (Å²) < 4.78 is 14.0. The van der Waals surface area contributed by atoms with E-state index in [4.69, 9.17) is 9.47 Å². The molecule has 0 aromatic carbocycles. The largest absolute Gasteiger partial charge is 0.443 e. The SMILES string of the molecule is CC(C)(C)OC(=O)n1cccc1-c1ccnc(-c2cc(-c3cccn3C(=O)OC(C)(C)C)ccn2)c1. The van der Waals surface area contributed by atoms with Gasteiger partial charge in [-0.1, -0.05) is 0 Å². The average molecular weight is 487 g/mol. The van der Waals surface area contributed by atoms with Crippen molar-refractivity contribution in [2.24, 2.45) is 0 Å². The summed E-state index contributed by atoms with van der Waals surface area (Å²) in [5.41, 5.74) is 2.99. The van der Waals surface area contributed by atoms with Crippen molar-refractivity contribution in [3.63, 3.8) is 0 Å². The van der Waals surface area contributed by atoms with Gasteiger partial charge >= 0.3 is 12.2 Å². The molecule has 0 aliphatic carbocycles. The van der Waals surface area contributed by atoms with Crippen LogP contribution in [0.2, 0.25) is 0 Å². The molecule has 0 bridgehead atoms. The van der Waals surface area contributed by atoms with Gasteiger partial charge in [0.2, 0.25) is 0 Å². The van der Waals surface area contributed by atoms with Gasteiger partial charge in [-0.3, -0.25) is 19.1 Å². The summed E-state index contributed by atoms with van der Waals surface area (Å²) in [6.07, 6.45) is 5.79. The summed E-state index contributed by atoms with van der Waals surface area (Å²) >= 11 is 0. The Morgan fingerprint density at radius 2 is 1.06 bits per heavy atom. The third kappa shape index (κ3) is 5.71. The van der Waals surface area contributed by atoms with Crippen LogP contribution in [0.25, 0.3) is 33.9 Å². The Hall–Kier alpha value is -4.20. The fraction of sp³-hybridized carbons (Fsp3) is 0.286. The summed E-state index contributed by atoms with van der Waals surface area (Å²) in [6.45, 7) is 11.0. The van der Waals surface area contributed by atoms with Crippen molar-refractivity contribution in [1.82, 2.24) is 19.1 Å². The van der Waals surface area contributed by atoms with Crippen LogP contribution in [0, 0.1) is 0 Å². The summed E-state index contributed by atoms with van der Waals surface area (Å²) in [7, 11) is 0. The summed E-state index contributed by atoms with van der Waals surface area (Å²) in [4.78, 5) is 34.4. The van der Waals surface area contributed by atoms with Gasteiger partial charge in [-0.2, -0.15) is 0 Å². The molecule has 0 saturated heterocycles. The third-order valence-electron chi connectivity index (χ3n) is 5.05. The number of carbonyl (C=O) groups is 2. The van der Waals surface area contributed by atoms with Crippen molar-refractivity contribution in [3.05, 3.63) is 73.3 Å². The molecule has 4 aromatic heterocycles. The Morgan fingerprint density at radius 3 is 1.42 bits per heavy atom. The maximum absolute atomic E-state index is 12.7. The second kappa shape index (κ2) is 9.45. The molecule has 4 heterocycles. The van der Waals surface area contributed by atoms with Crippen molar-refractivity contribution in [3.8, 4) is 33.9 Å². The maximum atomic E-state index is 12.7. The Balaban J connectivity index is 1.66. The average Bonchev–Trinajstić information content (AvgIpc) is 3.47. The van der Waals surface area contributed by atoms with E-state index in [1.807, 2.05) is 77.9 Å². The zero-order valence-electron chi connectivity index (χ0n) is 21.4. The van der Waals surface area contributed by atoms with E-state index in [2.05, 4.69) is 9.97 Å². The minimum absolute atomic E-state index is 0.455. The van der Waals surface area contributed by atoms with Crippen molar-refractivity contribution < 1.29 is 19.1 Å². The second-order valence-corrected chi connectivity index (χ2v) is 10.3. The van der Waals surface area contributed by atoms with E-state index in [-0.39, 0.29) is 0 Å². The summed E-state index contributed by atoms with van der Waals surface area (Å²) in [6, 6.07) is 14.7. The lowest BCUT2D eigenvalue weighted by Gasteiger charge is -2.20. The van der Waals surface area contributed by atoms with Gasteiger partial charge in [0.05, 0.1) is 22.8 Å². The smallest absolute Gasteiger partial charge is 0.418 e. The van der Waals surface area contributed by atoms with Crippen LogP contribution in [0.5, 0.6) is 0 Å². The van der Waals surface area contributed by atoms with E-state index in [1.54, 1.807) is 36.9 Å². The molecular weight excluding hydrogens is 456 g/mol. The van der Waals surface area contributed by atoms with Gasteiger partial charge in [-0.05, 0) is 90.1 Å². The van der Waals surface area contributed by atoms with Gasteiger partial charge in [-0.15, -0.1) is 0 Å². The van der Waals surface area contributed by atoms with Gasteiger partial charge in [0.1, 0.15) is 11.2 Å². The predicted octanol–water partition coefficient (Wildman–Crippen LogP) is 6.65. The van der Waals surface area contributed by atoms with Crippen LogP contribution in [0.15, 0.2) is 73.3 Å². The number of nitrogens with zero attached hydrogens (tertiary/aromatic N) is 4. The Bertz CT molecular complexity index is 1300. The first-order chi connectivity index (χ1) is 16.9. The Labute approximate surface area is 210 Å². The predicted molar refractivity (Wildman–Crippen MR) is 138 cm³/mol. The standard InChI is InChI=1S/C28H30N4O4/c1-27(2,3)35-25(33)31-15-7-9-23(31)19-11-13-29-21(17-19)22-18-20(12-14-30-22)24-10-8-16-32(24)26(34)36-28(4,5)6/h7-18H,1-6H3. The van der Waals surface area contributed by atoms with Gasteiger partial charge in [0.25, 0.3) is 0 Å². The molecule has 186 valence electrons. The molecule has 36 heavy (non-hydrogen) atoms. The minimum atomic E-state index is -0.608. The molecule has 0 radical (unpaired) electrons. The lowest BCUT2D eigenvalue weighted by atomic mass is 10.1. The lowest BCUT2D eigenvalue weighted by molar-refractivity contribution is 0.0528. The first kappa shape index (κ1) is 24.9. The quantitative estimate of drug-likeness (QED) is 0.322. The van der Waals surface area contributed by atoms with Crippen molar-refractivity contribution in [2.45, 2.75) is 52.7 Å². The Morgan fingerprint density at radius 1 is 0.667 bits per heavy atom. The lowest BCUT2D eigenvalue weighted by Crippen LogP contribution is -2.27. The maximum Gasteiger partial charge on any atom is 0.418 e. The van der Waals surface area contributed by atoms with Crippen LogP contribution in [-0.4, -0.2) is 42.5 Å². The van der Waals surface area contributed by atoms with Crippen LogP contribution in [-0.2, 0) is 9.47 Å². The van der Waals surface area contributed by atoms with E-state index in [0.29, 0.717) is 22.8 Å². The van der Waals surface area contributed by atoms with E-state index < -0.39 is 23.4 Å². The highest BCUT2D eigenvalue weighted by atomic mass is 16.6. The molecule has 4 aromatic rings. The number of carbonyl (C=O) groups excluding carboxylic acids is 2. The third-order valence-corrected chi connectivity index (χ3v) is 5.05. The molecule has 8 nitrogen and oxygen atoms in total. The van der Waals surface area contributed by atoms with Gasteiger partial charge in [0, 0.05) is 35.9 Å². The number of rotatable bonds is 3. The zero-order valence-corrected chi connectivity index (χ0v) is 21.4. The van der Waals surface area contributed by atoms with E-state index >= 15 is 0 Å². The summed E-state index contributed by atoms with van der Waals surface area (Å²) in [5, 5.41) is 0. The molecule has 0 fully saturated rings. The van der Waals surface area contributed by atoms with Crippen molar-refractivity contribution in [2.75, 3.05) is 0 Å². The molecular formula is C28H30N4O4. The van der Waals surface area contributed by atoms with Crippen LogP contribution in [0.4, 0.5) is 9.59 Å². The van der Waals surface area contributed by atoms with Crippen LogP contribution < -0.4 is 0 Å². The van der Waals surface area contributed by atoms with Crippen LogP contribution in [0.3, 0.4) is 0 Å². The first-order valence-corrected chi connectivity index (χ1v) is 11.7. The van der Waals surface area contributed by atoms with Crippen LogP contribution >= 0.6 is 0 Å². The highest BCUT2D eigenvalue weighted by molar-refractivity contribution is 5.81. The van der Waals surface area contributed by atoms with E-state index in [9.17, 15) is 9.59 Å². The number of ether oxygens (including phenoxy) is 2. The van der Waals surface area contributed by atoms with E-state index in [0.717, 1.165) is 11.1 Å². The van der Waals surface area contributed by atoms with Crippen molar-refractivity contribution >= 4 is 12.2 Å². The highest BCUT2D eigenvalue weighted by Gasteiger charge is 2.21. The van der Waals surface area contributed by atoms with Crippen molar-refractivity contribution in [1.29, 1.82) is 0 Å². The van der Waals surface area contributed by atoms with E-state index in [1.165, 1.54) is 9.13 Å².